The third-order valence-electron chi connectivity index (χ3n) is 9.01. The van der Waals surface area contributed by atoms with Gasteiger partial charge in [0.05, 0.1) is 37.2 Å². The van der Waals surface area contributed by atoms with Crippen molar-refractivity contribution in [1.29, 1.82) is 0 Å². The van der Waals surface area contributed by atoms with Crippen molar-refractivity contribution in [2.24, 2.45) is 23.7 Å². The lowest BCUT2D eigenvalue weighted by atomic mass is 9.83. The van der Waals surface area contributed by atoms with Gasteiger partial charge in [-0.05, 0) is 81.9 Å². The summed E-state index contributed by atoms with van der Waals surface area (Å²) in [6.45, 7) is 2.08. The number of hydrogen-bond donors (Lipinski definition) is 2. The zero-order valence-corrected chi connectivity index (χ0v) is 24.2. The van der Waals surface area contributed by atoms with E-state index >= 15 is 4.39 Å². The van der Waals surface area contributed by atoms with Gasteiger partial charge in [0.25, 0.3) is 12.3 Å². The minimum atomic E-state index is -2.66. The Morgan fingerprint density at radius 1 is 0.977 bits per heavy atom. The zero-order chi connectivity index (χ0) is 30.7. The largest absolute Gasteiger partial charge is 0.496 e. The molecular weight excluding hydrogens is 565 g/mol. The molecule has 2 amide bonds. The normalized spacial score (nSPS) is 26.2. The fraction of sp³-hybridized carbons (Fsp3) is 0.531. The van der Waals surface area contributed by atoms with Gasteiger partial charge in [-0.2, -0.15) is 0 Å². The Hall–Kier alpha value is -3.76. The van der Waals surface area contributed by atoms with Crippen molar-refractivity contribution in [2.45, 2.75) is 70.4 Å². The molecule has 2 aromatic rings. The van der Waals surface area contributed by atoms with Gasteiger partial charge in [-0.25, -0.2) is 13.2 Å². The molecule has 0 unspecified atom stereocenters. The number of fused-ring (bicyclic) bond motifs is 2. The van der Waals surface area contributed by atoms with E-state index < -0.39 is 30.1 Å². The van der Waals surface area contributed by atoms with E-state index in [1.165, 1.54) is 31.4 Å². The number of alkyl halides is 2. The highest BCUT2D eigenvalue weighted by atomic mass is 19.3. The first-order chi connectivity index (χ1) is 20.7. The van der Waals surface area contributed by atoms with E-state index in [4.69, 9.17) is 14.2 Å². The van der Waals surface area contributed by atoms with Gasteiger partial charge < -0.3 is 24.8 Å². The number of carbonyl (C=O) groups is 3. The molecule has 11 heteroatoms. The number of methoxy groups -OCH3 is 1. The second-order valence-corrected chi connectivity index (χ2v) is 11.6. The highest BCUT2D eigenvalue weighted by Gasteiger charge is 2.51. The number of carbonyl (C=O) groups excluding carboxylic acids is 3. The summed E-state index contributed by atoms with van der Waals surface area (Å²) in [6.07, 6.45) is 1.67. The Bertz CT molecular complexity index is 1350. The highest BCUT2D eigenvalue weighted by Crippen LogP contribution is 2.49. The number of ether oxygens (including phenoxy) is 3. The van der Waals surface area contributed by atoms with Crippen molar-refractivity contribution in [2.75, 3.05) is 19.0 Å². The van der Waals surface area contributed by atoms with Gasteiger partial charge in [0, 0.05) is 23.4 Å². The van der Waals surface area contributed by atoms with Crippen LogP contribution in [0.15, 0.2) is 36.4 Å². The lowest BCUT2D eigenvalue weighted by Crippen LogP contribution is -2.48. The minimum Gasteiger partial charge on any atom is -0.496 e. The topological polar surface area (TPSA) is 103 Å². The molecule has 5 rings (SSSR count). The monoisotopic (exact) mass is 602 g/mol. The fourth-order valence-corrected chi connectivity index (χ4v) is 6.91. The first-order valence-electron chi connectivity index (χ1n) is 14.9. The summed E-state index contributed by atoms with van der Waals surface area (Å²) in [4.78, 5) is 39.0. The number of rotatable bonds is 10. The van der Waals surface area contributed by atoms with Gasteiger partial charge in [0.15, 0.2) is 11.6 Å². The summed E-state index contributed by atoms with van der Waals surface area (Å²) in [5.74, 6) is -2.46. The minimum absolute atomic E-state index is 0.0290. The van der Waals surface area contributed by atoms with Crippen LogP contribution in [0, 0.1) is 29.5 Å². The fourth-order valence-electron chi connectivity index (χ4n) is 6.91. The van der Waals surface area contributed by atoms with Crippen LogP contribution in [0.4, 0.5) is 18.9 Å². The number of hydrogen-bond acceptors (Lipinski definition) is 6. The molecule has 3 saturated carbocycles. The average molecular weight is 603 g/mol. The lowest BCUT2D eigenvalue weighted by molar-refractivity contribution is -0.149. The van der Waals surface area contributed by atoms with Gasteiger partial charge in [-0.3, -0.25) is 14.4 Å². The molecule has 2 bridgehead atoms. The van der Waals surface area contributed by atoms with Crippen molar-refractivity contribution in [3.05, 3.63) is 53.3 Å². The number of benzene rings is 2. The predicted molar refractivity (Wildman–Crippen MR) is 152 cm³/mol. The molecular formula is C32H37F3N2O6. The van der Waals surface area contributed by atoms with E-state index in [1.54, 1.807) is 13.0 Å². The van der Waals surface area contributed by atoms with Crippen molar-refractivity contribution in [1.82, 2.24) is 5.32 Å². The Kier molecular flexibility index (Phi) is 9.46. The van der Waals surface area contributed by atoms with Gasteiger partial charge in [0.2, 0.25) is 5.91 Å². The van der Waals surface area contributed by atoms with Crippen LogP contribution in [0.1, 0.15) is 74.2 Å². The maximum absolute atomic E-state index is 15.0. The van der Waals surface area contributed by atoms with Crippen LogP contribution >= 0.6 is 0 Å². The maximum Gasteiger partial charge on any atom is 0.308 e. The van der Waals surface area contributed by atoms with E-state index in [0.717, 1.165) is 25.3 Å². The van der Waals surface area contributed by atoms with E-state index in [9.17, 15) is 23.2 Å². The van der Waals surface area contributed by atoms with E-state index in [-0.39, 0.29) is 64.0 Å². The number of halogens is 3. The Morgan fingerprint density at radius 3 is 2.42 bits per heavy atom. The summed E-state index contributed by atoms with van der Waals surface area (Å²) in [5.41, 5.74) is 0.156. The number of esters is 1. The van der Waals surface area contributed by atoms with Gasteiger partial charge in [0.1, 0.15) is 5.75 Å². The summed E-state index contributed by atoms with van der Waals surface area (Å²) < 4.78 is 57.7. The van der Waals surface area contributed by atoms with E-state index in [0.29, 0.717) is 32.3 Å². The summed E-state index contributed by atoms with van der Waals surface area (Å²) >= 11 is 0. The quantitative estimate of drug-likeness (QED) is 0.321. The van der Waals surface area contributed by atoms with Crippen molar-refractivity contribution < 1.29 is 41.8 Å². The van der Waals surface area contributed by atoms with E-state index in [2.05, 4.69) is 10.6 Å². The van der Waals surface area contributed by atoms with Crippen LogP contribution in [0.2, 0.25) is 0 Å². The summed E-state index contributed by atoms with van der Waals surface area (Å²) in [5, 5.41) is 5.76. The lowest BCUT2D eigenvalue weighted by Gasteiger charge is -2.31. The zero-order valence-electron chi connectivity index (χ0n) is 24.2. The number of nitrogens with one attached hydrogen (secondary N) is 2. The second kappa shape index (κ2) is 13.3. The van der Waals surface area contributed by atoms with Crippen LogP contribution in [0.25, 0.3) is 0 Å². The molecule has 8 nitrogen and oxygen atoms in total. The van der Waals surface area contributed by atoms with Gasteiger partial charge in [-0.1, -0.05) is 12.1 Å². The SMILES string of the molecule is CCOC(=O)[C@H]1CC[C@@H](Oc2cc(C(=O)N[C@@H]3[C@H]4CC[C@H](C4)[C@@H]3C(=O)Nc3cccc(C(F)F)c3)c(OC)cc2F)CC1. The van der Waals surface area contributed by atoms with Crippen LogP contribution in [-0.2, 0) is 14.3 Å². The Labute approximate surface area is 248 Å². The molecule has 2 N–H and O–H groups in total. The summed E-state index contributed by atoms with van der Waals surface area (Å²) in [6, 6.07) is 7.50. The third kappa shape index (κ3) is 6.75. The Balaban J connectivity index is 1.28. The van der Waals surface area contributed by atoms with Crippen molar-refractivity contribution in [3.8, 4) is 11.5 Å². The smallest absolute Gasteiger partial charge is 0.308 e. The first-order valence-corrected chi connectivity index (χ1v) is 14.9. The van der Waals surface area contributed by atoms with Crippen LogP contribution in [0.5, 0.6) is 11.5 Å². The molecule has 0 aromatic heterocycles. The van der Waals surface area contributed by atoms with Crippen molar-refractivity contribution >= 4 is 23.5 Å². The molecule has 0 radical (unpaired) electrons. The molecule has 232 valence electrons. The van der Waals surface area contributed by atoms with Crippen LogP contribution < -0.4 is 20.1 Å². The van der Waals surface area contributed by atoms with Gasteiger partial charge in [-0.15, -0.1) is 0 Å². The molecule has 3 fully saturated rings. The molecule has 4 atom stereocenters. The van der Waals surface area contributed by atoms with E-state index in [1.807, 2.05) is 0 Å². The first kappa shape index (κ1) is 30.7. The average Bonchev–Trinajstić information content (AvgIpc) is 3.60. The molecule has 0 aliphatic heterocycles. The predicted octanol–water partition coefficient (Wildman–Crippen LogP) is 6.06. The van der Waals surface area contributed by atoms with Crippen LogP contribution in [-0.4, -0.2) is 43.6 Å². The van der Waals surface area contributed by atoms with Gasteiger partial charge >= 0.3 is 5.97 Å². The molecule has 0 spiro atoms. The third-order valence-corrected chi connectivity index (χ3v) is 9.01. The molecule has 0 saturated heterocycles. The Morgan fingerprint density at radius 2 is 1.72 bits per heavy atom. The maximum atomic E-state index is 15.0. The molecule has 0 heterocycles. The van der Waals surface area contributed by atoms with Crippen molar-refractivity contribution in [3.63, 3.8) is 0 Å². The second-order valence-electron chi connectivity index (χ2n) is 11.6. The van der Waals surface area contributed by atoms with Crippen LogP contribution in [0.3, 0.4) is 0 Å². The summed E-state index contributed by atoms with van der Waals surface area (Å²) in [7, 11) is 1.34. The molecule has 2 aromatic carbocycles. The number of anilines is 1. The standard InChI is InChI=1S/C32H37F3N2O6/c1-3-42-32(40)17-9-11-22(12-10-17)43-26-15-23(25(41-2)16-24(26)33)30(38)37-28-19-8-7-18(13-19)27(28)31(39)36-21-6-4-5-20(14-21)29(34)35/h4-6,14-19,22,27-29H,3,7-13H2,1-2H3,(H,36,39)(H,37,38)/t17-,18-,19+,22+,27+,28-/m1/s1. The molecule has 3 aliphatic rings. The molecule has 43 heavy (non-hydrogen) atoms. The number of amides is 2. The highest BCUT2D eigenvalue weighted by molar-refractivity contribution is 5.99. The molecule has 3 aliphatic carbocycles.